The second-order valence-corrected chi connectivity index (χ2v) is 10.7. The van der Waals surface area contributed by atoms with Crippen molar-refractivity contribution in [3.8, 4) is 0 Å². The first-order valence-electron chi connectivity index (χ1n) is 10.4. The van der Waals surface area contributed by atoms with Crippen molar-refractivity contribution in [1.82, 2.24) is 4.90 Å². The number of likely N-dealkylation sites (tertiary alicyclic amines) is 1. The van der Waals surface area contributed by atoms with E-state index in [-0.39, 0.29) is 29.3 Å². The maximum Gasteiger partial charge on any atom is 0.295 e. The second-order valence-electron chi connectivity index (χ2n) is 8.45. The molecule has 6 nitrogen and oxygen atoms in total. The number of aliphatic hydroxyl groups excluding tert-OH is 1. The molecule has 0 spiro atoms. The molecule has 0 bridgehead atoms. The summed E-state index contributed by atoms with van der Waals surface area (Å²) in [5.74, 6) is -1.68. The van der Waals surface area contributed by atoms with Crippen molar-refractivity contribution in [2.45, 2.75) is 38.3 Å². The molecule has 0 aliphatic carbocycles. The monoisotopic (exact) mass is 439 g/mol. The van der Waals surface area contributed by atoms with Crippen molar-refractivity contribution in [2.24, 2.45) is 0 Å². The molecule has 0 unspecified atom stereocenters. The quantitative estimate of drug-likeness (QED) is 0.448. The number of Topliss-reactive ketones (excluding diaryl/α,β-unsaturated/α-hetero) is 1. The van der Waals surface area contributed by atoms with Crippen LogP contribution in [-0.4, -0.2) is 47.7 Å². The predicted octanol–water partition coefficient (Wildman–Crippen LogP) is 3.42. The molecule has 2 saturated heterocycles. The third-order valence-corrected chi connectivity index (χ3v) is 7.80. The van der Waals surface area contributed by atoms with Gasteiger partial charge in [-0.3, -0.25) is 9.59 Å². The standard InChI is InChI=1S/C24H25NO5S/c1-15(2)16-8-10-17(11-9-16)21-20(22(26)18-6-4-3-5-7-18)23(27)24(28)25(21)19-12-13-31(29,30)14-19/h3-11,15,19,21,26H,12-14H2,1-2H3/t19-,21-/m1/s1. The lowest BCUT2D eigenvalue weighted by atomic mass is 9.92. The number of rotatable bonds is 4. The Balaban J connectivity index is 1.87. The van der Waals surface area contributed by atoms with Crippen LogP contribution in [0.4, 0.5) is 0 Å². The molecule has 2 atom stereocenters. The number of carbonyl (C=O) groups is 2. The Kier molecular flexibility index (Phi) is 5.47. The lowest BCUT2D eigenvalue weighted by Crippen LogP contribution is -2.40. The summed E-state index contributed by atoms with van der Waals surface area (Å²) in [5, 5.41) is 11.0. The highest BCUT2D eigenvalue weighted by Crippen LogP contribution is 2.42. The number of hydrogen-bond acceptors (Lipinski definition) is 5. The van der Waals surface area contributed by atoms with Crippen LogP contribution in [0.3, 0.4) is 0 Å². The molecule has 2 aliphatic rings. The molecule has 2 heterocycles. The van der Waals surface area contributed by atoms with Crippen molar-refractivity contribution in [1.29, 1.82) is 0 Å². The van der Waals surface area contributed by atoms with Crippen LogP contribution in [-0.2, 0) is 19.4 Å². The molecule has 31 heavy (non-hydrogen) atoms. The van der Waals surface area contributed by atoms with E-state index in [1.54, 1.807) is 30.3 Å². The van der Waals surface area contributed by atoms with Gasteiger partial charge in [0.1, 0.15) is 5.76 Å². The van der Waals surface area contributed by atoms with Gasteiger partial charge in [-0.2, -0.15) is 0 Å². The minimum absolute atomic E-state index is 0.00204. The van der Waals surface area contributed by atoms with E-state index in [9.17, 15) is 23.1 Å². The van der Waals surface area contributed by atoms with Crippen LogP contribution < -0.4 is 0 Å². The molecule has 0 aromatic heterocycles. The molecule has 0 saturated carbocycles. The Hall–Kier alpha value is -2.93. The van der Waals surface area contributed by atoms with E-state index < -0.39 is 33.6 Å². The predicted molar refractivity (Wildman–Crippen MR) is 118 cm³/mol. The third kappa shape index (κ3) is 3.90. The van der Waals surface area contributed by atoms with Crippen LogP contribution in [0.25, 0.3) is 5.76 Å². The van der Waals surface area contributed by atoms with Gasteiger partial charge in [0.05, 0.1) is 23.1 Å². The molecule has 1 N–H and O–H groups in total. The fraction of sp³-hybridized carbons (Fsp3) is 0.333. The summed E-state index contributed by atoms with van der Waals surface area (Å²) in [4.78, 5) is 27.5. The Morgan fingerprint density at radius 2 is 1.68 bits per heavy atom. The van der Waals surface area contributed by atoms with Gasteiger partial charge in [-0.15, -0.1) is 0 Å². The first-order chi connectivity index (χ1) is 14.7. The topological polar surface area (TPSA) is 91.8 Å². The number of amides is 1. The van der Waals surface area contributed by atoms with Gasteiger partial charge >= 0.3 is 0 Å². The zero-order valence-electron chi connectivity index (χ0n) is 17.5. The SMILES string of the molecule is CC(C)c1ccc([C@@H]2C(=C(O)c3ccccc3)C(=O)C(=O)N2[C@@H]2CCS(=O)(=O)C2)cc1. The Morgan fingerprint density at radius 1 is 1.03 bits per heavy atom. The Bertz CT molecular complexity index is 1150. The zero-order chi connectivity index (χ0) is 22.3. The van der Waals surface area contributed by atoms with Gasteiger partial charge in [0.2, 0.25) is 0 Å². The van der Waals surface area contributed by atoms with Gasteiger partial charge in [-0.1, -0.05) is 68.4 Å². The van der Waals surface area contributed by atoms with E-state index in [1.165, 1.54) is 4.90 Å². The van der Waals surface area contributed by atoms with Crippen LogP contribution in [0.2, 0.25) is 0 Å². The number of benzene rings is 2. The minimum Gasteiger partial charge on any atom is -0.507 e. The molecule has 2 aliphatic heterocycles. The lowest BCUT2D eigenvalue weighted by molar-refractivity contribution is -0.141. The molecular formula is C24H25NO5S. The van der Waals surface area contributed by atoms with Crippen LogP contribution >= 0.6 is 0 Å². The average Bonchev–Trinajstić information content (AvgIpc) is 3.24. The molecular weight excluding hydrogens is 414 g/mol. The number of carbonyl (C=O) groups excluding carboxylic acids is 2. The van der Waals surface area contributed by atoms with Gasteiger partial charge in [0, 0.05) is 11.6 Å². The molecule has 1 amide bonds. The number of nitrogens with zero attached hydrogens (tertiary/aromatic N) is 1. The maximum absolute atomic E-state index is 13.0. The highest BCUT2D eigenvalue weighted by atomic mass is 32.2. The highest BCUT2D eigenvalue weighted by molar-refractivity contribution is 7.91. The van der Waals surface area contributed by atoms with Crippen molar-refractivity contribution >= 4 is 27.3 Å². The second kappa shape index (κ2) is 7.96. The summed E-state index contributed by atoms with van der Waals surface area (Å²) < 4.78 is 24.2. The van der Waals surface area contributed by atoms with E-state index in [2.05, 4.69) is 13.8 Å². The van der Waals surface area contributed by atoms with E-state index in [0.717, 1.165) is 5.56 Å². The van der Waals surface area contributed by atoms with Crippen molar-refractivity contribution < 1.29 is 23.1 Å². The molecule has 7 heteroatoms. The number of aliphatic hydroxyl groups is 1. The van der Waals surface area contributed by atoms with Gasteiger partial charge in [-0.25, -0.2) is 8.42 Å². The number of hydrogen-bond donors (Lipinski definition) is 1. The summed E-state index contributed by atoms with van der Waals surface area (Å²) in [6.45, 7) is 4.14. The smallest absolute Gasteiger partial charge is 0.295 e. The normalized spacial score (nSPS) is 24.8. The first-order valence-corrected chi connectivity index (χ1v) is 12.2. The van der Waals surface area contributed by atoms with Gasteiger partial charge in [0.25, 0.3) is 11.7 Å². The van der Waals surface area contributed by atoms with Crippen molar-refractivity contribution in [3.05, 3.63) is 76.9 Å². The number of ketones is 1. The summed E-state index contributed by atoms with van der Waals surface area (Å²) in [6, 6.07) is 14.7. The Morgan fingerprint density at radius 3 is 2.23 bits per heavy atom. The third-order valence-electron chi connectivity index (χ3n) is 6.05. The summed E-state index contributed by atoms with van der Waals surface area (Å²) in [7, 11) is -3.27. The van der Waals surface area contributed by atoms with Gasteiger partial charge in [0.15, 0.2) is 9.84 Å². The van der Waals surface area contributed by atoms with E-state index in [4.69, 9.17) is 0 Å². The largest absolute Gasteiger partial charge is 0.507 e. The highest BCUT2D eigenvalue weighted by Gasteiger charge is 2.50. The van der Waals surface area contributed by atoms with Crippen molar-refractivity contribution in [3.63, 3.8) is 0 Å². The molecule has 2 aromatic carbocycles. The summed E-state index contributed by atoms with van der Waals surface area (Å²) in [5.41, 5.74) is 2.21. The van der Waals surface area contributed by atoms with Crippen molar-refractivity contribution in [2.75, 3.05) is 11.5 Å². The van der Waals surface area contributed by atoms with Crippen LogP contribution in [0.15, 0.2) is 60.2 Å². The van der Waals surface area contributed by atoms with Crippen LogP contribution in [0.5, 0.6) is 0 Å². The first kappa shape index (κ1) is 21.3. The summed E-state index contributed by atoms with van der Waals surface area (Å²) in [6.07, 6.45) is 0.279. The summed E-state index contributed by atoms with van der Waals surface area (Å²) >= 11 is 0. The van der Waals surface area contributed by atoms with Crippen LogP contribution in [0, 0.1) is 0 Å². The van der Waals surface area contributed by atoms with E-state index >= 15 is 0 Å². The maximum atomic E-state index is 13.0. The Labute approximate surface area is 182 Å². The fourth-order valence-corrected chi connectivity index (χ4v) is 6.07. The molecule has 162 valence electrons. The molecule has 4 rings (SSSR count). The molecule has 0 radical (unpaired) electrons. The fourth-order valence-electron chi connectivity index (χ4n) is 4.36. The minimum atomic E-state index is -3.27. The molecule has 2 fully saturated rings. The number of sulfone groups is 1. The van der Waals surface area contributed by atoms with Crippen LogP contribution in [0.1, 0.15) is 48.9 Å². The average molecular weight is 440 g/mol. The van der Waals surface area contributed by atoms with Gasteiger partial charge in [-0.05, 0) is 23.5 Å². The molecule has 2 aromatic rings. The van der Waals surface area contributed by atoms with E-state index in [1.807, 2.05) is 24.3 Å². The lowest BCUT2D eigenvalue weighted by Gasteiger charge is -2.30. The van der Waals surface area contributed by atoms with E-state index in [0.29, 0.717) is 17.0 Å². The zero-order valence-corrected chi connectivity index (χ0v) is 18.3. The van der Waals surface area contributed by atoms with Gasteiger partial charge < -0.3 is 10.0 Å².